The summed E-state index contributed by atoms with van der Waals surface area (Å²) in [5.41, 5.74) is 2.65. The highest BCUT2D eigenvalue weighted by molar-refractivity contribution is 9.10. The van der Waals surface area contributed by atoms with Crippen LogP contribution < -0.4 is 5.32 Å². The Kier molecular flexibility index (Phi) is 5.76. The van der Waals surface area contributed by atoms with Gasteiger partial charge in [-0.2, -0.15) is 0 Å². The van der Waals surface area contributed by atoms with Gasteiger partial charge in [0.05, 0.1) is 17.5 Å². The molecule has 1 heterocycles. The molecule has 2 N–H and O–H groups in total. The van der Waals surface area contributed by atoms with Crippen molar-refractivity contribution in [3.63, 3.8) is 0 Å². The van der Waals surface area contributed by atoms with E-state index in [0.29, 0.717) is 23.7 Å². The molecular formula is C18H17BrF2N2OS. The van der Waals surface area contributed by atoms with Crippen LogP contribution in [0.1, 0.15) is 16.7 Å². The van der Waals surface area contributed by atoms with Crippen molar-refractivity contribution in [1.82, 2.24) is 5.32 Å². The van der Waals surface area contributed by atoms with Crippen LogP contribution in [-0.2, 0) is 5.75 Å². The van der Waals surface area contributed by atoms with Gasteiger partial charge in [-0.05, 0) is 42.3 Å². The molecule has 0 aromatic heterocycles. The van der Waals surface area contributed by atoms with Gasteiger partial charge in [0.2, 0.25) is 0 Å². The molecule has 0 saturated heterocycles. The van der Waals surface area contributed by atoms with Crippen molar-refractivity contribution in [2.45, 2.75) is 23.7 Å². The molecule has 0 fully saturated rings. The zero-order chi connectivity index (χ0) is 18.0. The molecular weight excluding hydrogens is 410 g/mol. The van der Waals surface area contributed by atoms with Gasteiger partial charge in [-0.15, -0.1) is 11.8 Å². The maximum atomic E-state index is 14.4. The van der Waals surface area contributed by atoms with Crippen molar-refractivity contribution in [3.05, 3.63) is 63.1 Å². The van der Waals surface area contributed by atoms with Crippen LogP contribution in [0, 0.1) is 18.6 Å². The SMILES string of the molecule is Cc1ccc(Br)cc1CSc1c(C2=NCC(O)CN2)ccc(F)c1F. The minimum atomic E-state index is -0.881. The van der Waals surface area contributed by atoms with Crippen LogP contribution in [0.5, 0.6) is 0 Å². The molecule has 2 aromatic rings. The highest BCUT2D eigenvalue weighted by atomic mass is 79.9. The fraction of sp³-hybridized carbons (Fsp3) is 0.278. The lowest BCUT2D eigenvalue weighted by Gasteiger charge is -2.21. The number of hydrogen-bond acceptors (Lipinski definition) is 4. The third-order valence-electron chi connectivity index (χ3n) is 3.95. The first-order valence-electron chi connectivity index (χ1n) is 7.78. The molecule has 0 spiro atoms. The predicted molar refractivity (Wildman–Crippen MR) is 100 cm³/mol. The van der Waals surface area contributed by atoms with Gasteiger partial charge in [0.15, 0.2) is 11.6 Å². The minimum Gasteiger partial charge on any atom is -0.389 e. The second-order valence-electron chi connectivity index (χ2n) is 5.82. The second-order valence-corrected chi connectivity index (χ2v) is 7.72. The van der Waals surface area contributed by atoms with E-state index in [1.54, 1.807) is 0 Å². The molecule has 0 amide bonds. The number of aliphatic imine (C=N–C) groups is 1. The minimum absolute atomic E-state index is 0.224. The average molecular weight is 427 g/mol. The molecule has 0 bridgehead atoms. The number of aliphatic hydroxyl groups is 1. The van der Waals surface area contributed by atoms with Gasteiger partial charge in [-0.1, -0.05) is 22.0 Å². The fourth-order valence-corrected chi connectivity index (χ4v) is 4.08. The second kappa shape index (κ2) is 7.85. The molecule has 1 atom stereocenters. The number of aryl methyl sites for hydroxylation is 1. The molecule has 25 heavy (non-hydrogen) atoms. The van der Waals surface area contributed by atoms with Gasteiger partial charge in [0.25, 0.3) is 0 Å². The zero-order valence-corrected chi connectivity index (χ0v) is 15.9. The standard InChI is InChI=1S/C18H17BrF2N2OS/c1-10-2-3-12(19)6-11(10)9-25-17-14(4-5-15(20)16(17)21)18-22-7-13(24)8-23-18/h2-6,13,24H,7-9H2,1H3,(H,22,23). The number of β-amino-alcohol motifs (C(OH)–C–C–N with tert-alkyl or cyclic N) is 1. The van der Waals surface area contributed by atoms with Crippen molar-refractivity contribution >= 4 is 33.5 Å². The Morgan fingerprint density at radius 1 is 1.32 bits per heavy atom. The van der Waals surface area contributed by atoms with Crippen LogP contribution >= 0.6 is 27.7 Å². The molecule has 1 aliphatic heterocycles. The lowest BCUT2D eigenvalue weighted by atomic mass is 10.1. The number of benzene rings is 2. The topological polar surface area (TPSA) is 44.6 Å². The number of halogens is 3. The molecule has 1 aliphatic rings. The molecule has 7 heteroatoms. The quantitative estimate of drug-likeness (QED) is 0.725. The van der Waals surface area contributed by atoms with E-state index < -0.39 is 17.7 Å². The van der Waals surface area contributed by atoms with Crippen LogP contribution in [-0.4, -0.2) is 30.1 Å². The Balaban J connectivity index is 1.92. The Hall–Kier alpha value is -1.44. The maximum Gasteiger partial charge on any atom is 0.173 e. The molecule has 0 aliphatic carbocycles. The van der Waals surface area contributed by atoms with Crippen molar-refractivity contribution in [1.29, 1.82) is 0 Å². The lowest BCUT2D eigenvalue weighted by molar-refractivity contribution is 0.181. The Morgan fingerprint density at radius 3 is 2.84 bits per heavy atom. The average Bonchev–Trinajstić information content (AvgIpc) is 2.60. The van der Waals surface area contributed by atoms with Crippen molar-refractivity contribution in [2.75, 3.05) is 13.1 Å². The van der Waals surface area contributed by atoms with Crippen molar-refractivity contribution in [2.24, 2.45) is 4.99 Å². The van der Waals surface area contributed by atoms with Gasteiger partial charge in [-0.25, -0.2) is 8.78 Å². The van der Waals surface area contributed by atoms with Gasteiger partial charge in [-0.3, -0.25) is 4.99 Å². The molecule has 1 unspecified atom stereocenters. The van der Waals surface area contributed by atoms with E-state index in [0.717, 1.165) is 21.7 Å². The fourth-order valence-electron chi connectivity index (χ4n) is 2.52. The number of nitrogens with zero attached hydrogens (tertiary/aromatic N) is 1. The molecule has 3 nitrogen and oxygen atoms in total. The van der Waals surface area contributed by atoms with Gasteiger partial charge in [0.1, 0.15) is 5.84 Å². The normalized spacial score (nSPS) is 17.2. The Morgan fingerprint density at radius 2 is 2.12 bits per heavy atom. The zero-order valence-electron chi connectivity index (χ0n) is 13.5. The predicted octanol–water partition coefficient (Wildman–Crippen LogP) is 4.04. The summed E-state index contributed by atoms with van der Waals surface area (Å²) in [7, 11) is 0. The summed E-state index contributed by atoms with van der Waals surface area (Å²) < 4.78 is 29.1. The van der Waals surface area contributed by atoms with Crippen molar-refractivity contribution < 1.29 is 13.9 Å². The number of amidine groups is 1. The molecule has 2 aromatic carbocycles. The molecule has 0 saturated carbocycles. The number of nitrogens with one attached hydrogen (secondary N) is 1. The summed E-state index contributed by atoms with van der Waals surface area (Å²) in [5.74, 6) is -0.758. The van der Waals surface area contributed by atoms with E-state index in [-0.39, 0.29) is 11.4 Å². The largest absolute Gasteiger partial charge is 0.389 e. The third kappa shape index (κ3) is 4.22. The molecule has 3 rings (SSSR count). The number of hydrogen-bond donors (Lipinski definition) is 2. The summed E-state index contributed by atoms with van der Waals surface area (Å²) in [6.45, 7) is 2.57. The highest BCUT2D eigenvalue weighted by Gasteiger charge is 2.21. The van der Waals surface area contributed by atoms with E-state index in [1.807, 2.05) is 25.1 Å². The third-order valence-corrected chi connectivity index (χ3v) is 5.59. The van der Waals surface area contributed by atoms with Crippen LogP contribution in [0.4, 0.5) is 8.78 Å². The molecule has 132 valence electrons. The first-order chi connectivity index (χ1) is 12.0. The first kappa shape index (κ1) is 18.4. The van der Waals surface area contributed by atoms with E-state index in [2.05, 4.69) is 26.2 Å². The number of aliphatic hydroxyl groups excluding tert-OH is 1. The smallest absolute Gasteiger partial charge is 0.173 e. The highest BCUT2D eigenvalue weighted by Crippen LogP contribution is 2.32. The van der Waals surface area contributed by atoms with Gasteiger partial charge in [0, 0.05) is 22.3 Å². The number of rotatable bonds is 4. The van der Waals surface area contributed by atoms with Gasteiger partial charge >= 0.3 is 0 Å². The lowest BCUT2D eigenvalue weighted by Crippen LogP contribution is -2.39. The van der Waals surface area contributed by atoms with Crippen molar-refractivity contribution in [3.8, 4) is 0 Å². The number of thioether (sulfide) groups is 1. The van der Waals surface area contributed by atoms with Crippen LogP contribution in [0.2, 0.25) is 0 Å². The van der Waals surface area contributed by atoms with E-state index in [9.17, 15) is 13.9 Å². The molecule has 0 radical (unpaired) electrons. The maximum absolute atomic E-state index is 14.4. The summed E-state index contributed by atoms with van der Waals surface area (Å²) in [5, 5.41) is 12.5. The van der Waals surface area contributed by atoms with E-state index in [4.69, 9.17) is 0 Å². The summed E-state index contributed by atoms with van der Waals surface area (Å²) in [6.07, 6.45) is -0.561. The van der Waals surface area contributed by atoms with E-state index >= 15 is 0 Å². The Bertz CT molecular complexity index is 829. The van der Waals surface area contributed by atoms with Crippen LogP contribution in [0.15, 0.2) is 44.7 Å². The van der Waals surface area contributed by atoms with E-state index in [1.165, 1.54) is 17.8 Å². The van der Waals surface area contributed by atoms with Crippen LogP contribution in [0.25, 0.3) is 0 Å². The summed E-state index contributed by atoms with van der Waals surface area (Å²) >= 11 is 4.67. The first-order valence-corrected chi connectivity index (χ1v) is 9.56. The summed E-state index contributed by atoms with van der Waals surface area (Å²) in [6, 6.07) is 8.54. The monoisotopic (exact) mass is 426 g/mol. The van der Waals surface area contributed by atoms with Gasteiger partial charge < -0.3 is 10.4 Å². The Labute approximate surface area is 157 Å². The van der Waals surface area contributed by atoms with Crippen LogP contribution in [0.3, 0.4) is 0 Å². The summed E-state index contributed by atoms with van der Waals surface area (Å²) in [4.78, 5) is 4.47.